The summed E-state index contributed by atoms with van der Waals surface area (Å²) in [5.41, 5.74) is 0. The average molecular weight is 133 g/mol. The maximum atomic E-state index is 8.83. The summed E-state index contributed by atoms with van der Waals surface area (Å²) in [6, 6.07) is 0. The van der Waals surface area contributed by atoms with Crippen LogP contribution < -0.4 is 0 Å². The lowest BCUT2D eigenvalue weighted by Crippen LogP contribution is -2.29. The fraction of sp³-hybridized carbons (Fsp3) is 1.00. The summed E-state index contributed by atoms with van der Waals surface area (Å²) >= 11 is 0. The number of nitrogens with zero attached hydrogens (tertiary/aromatic N) is 1. The minimum atomic E-state index is -0.304. The zero-order valence-electron chi connectivity index (χ0n) is 6.04. The molecule has 0 radical (unpaired) electrons. The van der Waals surface area contributed by atoms with Crippen molar-refractivity contribution in [1.29, 1.82) is 0 Å². The van der Waals surface area contributed by atoms with Gasteiger partial charge >= 0.3 is 0 Å². The van der Waals surface area contributed by atoms with Crippen molar-refractivity contribution < 1.29 is 10.2 Å². The molecule has 0 aliphatic carbocycles. The third-order valence-corrected chi connectivity index (χ3v) is 1.06. The SMILES string of the molecule is C[C@@H](O)CN(C)CCO. The molecule has 0 aromatic heterocycles. The number of aliphatic hydroxyl groups is 2. The Hall–Kier alpha value is -0.120. The summed E-state index contributed by atoms with van der Waals surface area (Å²) in [6.45, 7) is 3.14. The van der Waals surface area contributed by atoms with Crippen LogP contribution in [-0.2, 0) is 0 Å². The van der Waals surface area contributed by atoms with Gasteiger partial charge in [-0.25, -0.2) is 0 Å². The fourth-order valence-electron chi connectivity index (χ4n) is 0.713. The van der Waals surface area contributed by atoms with E-state index in [4.69, 9.17) is 10.2 Å². The molecule has 0 unspecified atom stereocenters. The van der Waals surface area contributed by atoms with Crippen LogP contribution in [0.15, 0.2) is 0 Å². The molecule has 0 amide bonds. The first-order chi connectivity index (χ1) is 4.16. The molecule has 0 aliphatic rings. The molecule has 56 valence electrons. The number of hydrogen-bond donors (Lipinski definition) is 2. The normalized spacial score (nSPS) is 14.3. The topological polar surface area (TPSA) is 43.7 Å². The molecule has 0 aliphatic heterocycles. The first kappa shape index (κ1) is 8.88. The molecule has 3 heteroatoms. The van der Waals surface area contributed by atoms with Crippen molar-refractivity contribution >= 4 is 0 Å². The highest BCUT2D eigenvalue weighted by Gasteiger charge is 1.99. The lowest BCUT2D eigenvalue weighted by atomic mass is 10.4. The zero-order valence-corrected chi connectivity index (χ0v) is 6.04. The summed E-state index contributed by atoms with van der Waals surface area (Å²) < 4.78 is 0. The van der Waals surface area contributed by atoms with Gasteiger partial charge in [0.25, 0.3) is 0 Å². The maximum absolute atomic E-state index is 8.83. The summed E-state index contributed by atoms with van der Waals surface area (Å²) in [7, 11) is 1.86. The fourth-order valence-corrected chi connectivity index (χ4v) is 0.713. The van der Waals surface area contributed by atoms with Crippen LogP contribution in [0.4, 0.5) is 0 Å². The third-order valence-electron chi connectivity index (χ3n) is 1.06. The second-order valence-corrected chi connectivity index (χ2v) is 2.33. The molecule has 0 aromatic rings. The van der Waals surface area contributed by atoms with Gasteiger partial charge in [0, 0.05) is 13.1 Å². The Kier molecular flexibility index (Phi) is 4.67. The number of rotatable bonds is 4. The molecule has 2 N–H and O–H groups in total. The molecule has 0 saturated carbocycles. The third kappa shape index (κ3) is 5.76. The van der Waals surface area contributed by atoms with E-state index >= 15 is 0 Å². The lowest BCUT2D eigenvalue weighted by molar-refractivity contribution is 0.127. The van der Waals surface area contributed by atoms with Gasteiger partial charge in [0.15, 0.2) is 0 Å². The molecular weight excluding hydrogens is 118 g/mol. The first-order valence-electron chi connectivity index (χ1n) is 3.14. The van der Waals surface area contributed by atoms with Crippen LogP contribution in [0.1, 0.15) is 6.92 Å². The monoisotopic (exact) mass is 133 g/mol. The van der Waals surface area contributed by atoms with Crippen LogP contribution in [0.25, 0.3) is 0 Å². The number of hydrogen-bond acceptors (Lipinski definition) is 3. The van der Waals surface area contributed by atoms with Gasteiger partial charge in [-0.1, -0.05) is 0 Å². The Bertz CT molecular complexity index is 66.1. The van der Waals surface area contributed by atoms with E-state index in [9.17, 15) is 0 Å². The van der Waals surface area contributed by atoms with Crippen LogP contribution in [0.5, 0.6) is 0 Å². The quantitative estimate of drug-likeness (QED) is 0.532. The molecule has 0 aromatic carbocycles. The minimum absolute atomic E-state index is 0.156. The van der Waals surface area contributed by atoms with Gasteiger partial charge in [-0.3, -0.25) is 0 Å². The van der Waals surface area contributed by atoms with Crippen molar-refractivity contribution in [2.75, 3.05) is 26.7 Å². The molecule has 0 spiro atoms. The van der Waals surface area contributed by atoms with Gasteiger partial charge in [-0.15, -0.1) is 0 Å². The van der Waals surface area contributed by atoms with Gasteiger partial charge in [0.05, 0.1) is 12.7 Å². The number of aliphatic hydroxyl groups excluding tert-OH is 2. The van der Waals surface area contributed by atoms with Crippen LogP contribution >= 0.6 is 0 Å². The molecule has 3 nitrogen and oxygen atoms in total. The van der Waals surface area contributed by atoms with E-state index in [2.05, 4.69) is 0 Å². The first-order valence-corrected chi connectivity index (χ1v) is 3.14. The molecule has 0 heterocycles. The average Bonchev–Trinajstić information content (AvgIpc) is 1.63. The van der Waals surface area contributed by atoms with Crippen LogP contribution in [0.2, 0.25) is 0 Å². The van der Waals surface area contributed by atoms with Gasteiger partial charge in [-0.05, 0) is 14.0 Å². The highest BCUT2D eigenvalue weighted by Crippen LogP contribution is 1.85. The van der Waals surface area contributed by atoms with E-state index in [1.54, 1.807) is 6.92 Å². The Labute approximate surface area is 55.9 Å². The molecule has 0 bridgehead atoms. The molecular formula is C6H15NO2. The summed E-state index contributed by atoms with van der Waals surface area (Å²) in [5.74, 6) is 0. The smallest absolute Gasteiger partial charge is 0.0638 e. The minimum Gasteiger partial charge on any atom is -0.395 e. The lowest BCUT2D eigenvalue weighted by Gasteiger charge is -2.15. The highest BCUT2D eigenvalue weighted by molar-refractivity contribution is 4.53. The molecule has 0 fully saturated rings. The Morgan fingerprint density at radius 2 is 2.11 bits per heavy atom. The second kappa shape index (κ2) is 4.73. The van der Waals surface area contributed by atoms with Gasteiger partial charge in [0.1, 0.15) is 0 Å². The molecule has 0 rings (SSSR count). The van der Waals surface area contributed by atoms with Crippen molar-refractivity contribution in [1.82, 2.24) is 4.90 Å². The van der Waals surface area contributed by atoms with Crippen molar-refractivity contribution in [3.8, 4) is 0 Å². The number of likely N-dealkylation sites (N-methyl/N-ethyl adjacent to an activating group) is 1. The van der Waals surface area contributed by atoms with E-state index in [1.807, 2.05) is 11.9 Å². The Morgan fingerprint density at radius 1 is 1.56 bits per heavy atom. The molecule has 1 atom stereocenters. The largest absolute Gasteiger partial charge is 0.395 e. The predicted octanol–water partition coefficient (Wildman–Crippen LogP) is -0.709. The van der Waals surface area contributed by atoms with Crippen LogP contribution in [-0.4, -0.2) is 48.0 Å². The Balaban J connectivity index is 3.15. The summed E-state index contributed by atoms with van der Waals surface area (Å²) in [6.07, 6.45) is -0.304. The van der Waals surface area contributed by atoms with Crippen LogP contribution in [0.3, 0.4) is 0 Å². The van der Waals surface area contributed by atoms with E-state index in [0.717, 1.165) is 0 Å². The highest BCUT2D eigenvalue weighted by atomic mass is 16.3. The second-order valence-electron chi connectivity index (χ2n) is 2.33. The zero-order chi connectivity index (χ0) is 7.28. The van der Waals surface area contributed by atoms with Crippen LogP contribution in [0, 0.1) is 0 Å². The van der Waals surface area contributed by atoms with Crippen molar-refractivity contribution in [3.63, 3.8) is 0 Å². The van der Waals surface area contributed by atoms with E-state index in [1.165, 1.54) is 0 Å². The predicted molar refractivity (Wildman–Crippen MR) is 36.3 cm³/mol. The van der Waals surface area contributed by atoms with Gasteiger partial charge < -0.3 is 15.1 Å². The summed E-state index contributed by atoms with van der Waals surface area (Å²) in [5, 5.41) is 17.3. The standard InChI is InChI=1S/C6H15NO2/c1-6(9)5-7(2)3-4-8/h6,8-9H,3-5H2,1-2H3/t6-/m1/s1. The summed E-state index contributed by atoms with van der Waals surface area (Å²) in [4.78, 5) is 1.88. The maximum Gasteiger partial charge on any atom is 0.0638 e. The molecule has 0 saturated heterocycles. The van der Waals surface area contributed by atoms with Crippen molar-refractivity contribution in [3.05, 3.63) is 0 Å². The van der Waals surface area contributed by atoms with Crippen molar-refractivity contribution in [2.24, 2.45) is 0 Å². The molecule has 9 heavy (non-hydrogen) atoms. The van der Waals surface area contributed by atoms with Crippen molar-refractivity contribution in [2.45, 2.75) is 13.0 Å². The van der Waals surface area contributed by atoms with E-state index in [0.29, 0.717) is 13.1 Å². The van der Waals surface area contributed by atoms with E-state index < -0.39 is 0 Å². The van der Waals surface area contributed by atoms with Gasteiger partial charge in [-0.2, -0.15) is 0 Å². The Morgan fingerprint density at radius 3 is 2.44 bits per heavy atom. The van der Waals surface area contributed by atoms with Gasteiger partial charge in [0.2, 0.25) is 0 Å². The van der Waals surface area contributed by atoms with E-state index in [-0.39, 0.29) is 12.7 Å².